The van der Waals surface area contributed by atoms with E-state index in [9.17, 15) is 4.79 Å². The van der Waals surface area contributed by atoms with E-state index in [-0.39, 0.29) is 0 Å². The number of aromatic amines is 1. The highest BCUT2D eigenvalue weighted by atomic mass is 79.9. The SMILES string of the molecule is CCCCCCCC(Br)c1ccc2[nH]c(=O)oc2c1. The van der Waals surface area contributed by atoms with Crippen molar-refractivity contribution in [2.75, 3.05) is 0 Å². The van der Waals surface area contributed by atoms with Crippen LogP contribution < -0.4 is 5.76 Å². The standard InChI is InChI=1S/C15H20BrNO2/c1-2-3-4-5-6-7-12(16)11-8-9-13-14(10-11)19-15(18)17-13/h8-10,12H,2-7H2,1H3,(H,17,18). The van der Waals surface area contributed by atoms with Gasteiger partial charge in [0.15, 0.2) is 5.58 Å². The molecule has 1 aromatic heterocycles. The Morgan fingerprint density at radius 3 is 2.84 bits per heavy atom. The Hall–Kier alpha value is -1.03. The summed E-state index contributed by atoms with van der Waals surface area (Å²) in [6.07, 6.45) is 7.56. The molecule has 2 aromatic rings. The van der Waals surface area contributed by atoms with Crippen LogP contribution in [0.1, 0.15) is 55.8 Å². The predicted octanol–water partition coefficient (Wildman–Crippen LogP) is 4.92. The highest BCUT2D eigenvalue weighted by molar-refractivity contribution is 9.09. The molecule has 1 atom stereocenters. The molecule has 0 amide bonds. The normalized spacial score (nSPS) is 12.9. The van der Waals surface area contributed by atoms with Gasteiger partial charge in [-0.05, 0) is 24.1 Å². The molecular weight excluding hydrogens is 306 g/mol. The molecule has 3 nitrogen and oxygen atoms in total. The van der Waals surface area contributed by atoms with Crippen molar-refractivity contribution in [1.29, 1.82) is 0 Å². The third-order valence-corrected chi connectivity index (χ3v) is 4.35. The van der Waals surface area contributed by atoms with Crippen LogP contribution in [-0.2, 0) is 0 Å². The number of benzene rings is 1. The number of rotatable bonds is 7. The molecule has 0 aliphatic heterocycles. The summed E-state index contributed by atoms with van der Waals surface area (Å²) in [4.78, 5) is 14.1. The van der Waals surface area contributed by atoms with Crippen molar-refractivity contribution in [3.63, 3.8) is 0 Å². The molecule has 1 aromatic carbocycles. The van der Waals surface area contributed by atoms with E-state index >= 15 is 0 Å². The van der Waals surface area contributed by atoms with Crippen molar-refractivity contribution in [1.82, 2.24) is 4.98 Å². The molecule has 0 bridgehead atoms. The van der Waals surface area contributed by atoms with Gasteiger partial charge in [0.25, 0.3) is 0 Å². The average molecular weight is 326 g/mol. The molecule has 1 unspecified atom stereocenters. The first kappa shape index (κ1) is 14.4. The summed E-state index contributed by atoms with van der Waals surface area (Å²) in [5.74, 6) is -0.391. The van der Waals surface area contributed by atoms with E-state index in [4.69, 9.17) is 4.42 Å². The van der Waals surface area contributed by atoms with Crippen molar-refractivity contribution in [3.8, 4) is 0 Å². The first-order chi connectivity index (χ1) is 9.20. The Balaban J connectivity index is 1.93. The maximum Gasteiger partial charge on any atom is 0.417 e. The second kappa shape index (κ2) is 6.94. The van der Waals surface area contributed by atoms with Gasteiger partial charge in [-0.3, -0.25) is 4.98 Å². The molecule has 1 N–H and O–H groups in total. The van der Waals surface area contributed by atoms with Crippen LogP contribution in [-0.4, -0.2) is 4.98 Å². The molecule has 1 heterocycles. The van der Waals surface area contributed by atoms with Crippen molar-refractivity contribution in [2.45, 2.75) is 50.3 Å². The van der Waals surface area contributed by atoms with Crippen LogP contribution in [0.4, 0.5) is 0 Å². The molecule has 4 heteroatoms. The fourth-order valence-corrected chi connectivity index (χ4v) is 2.86. The minimum absolute atomic E-state index is 0.332. The second-order valence-electron chi connectivity index (χ2n) is 4.94. The molecule has 0 aliphatic carbocycles. The Bertz CT molecular complexity index is 573. The lowest BCUT2D eigenvalue weighted by Crippen LogP contribution is -1.92. The summed E-state index contributed by atoms with van der Waals surface area (Å²) in [7, 11) is 0. The zero-order valence-corrected chi connectivity index (χ0v) is 12.8. The number of hydrogen-bond acceptors (Lipinski definition) is 2. The van der Waals surface area contributed by atoms with Gasteiger partial charge in [-0.1, -0.05) is 61.0 Å². The number of alkyl halides is 1. The number of nitrogens with one attached hydrogen (secondary N) is 1. The lowest BCUT2D eigenvalue weighted by molar-refractivity contribution is 0.554. The minimum atomic E-state index is -0.391. The Morgan fingerprint density at radius 1 is 1.26 bits per heavy atom. The molecule has 0 aliphatic rings. The van der Waals surface area contributed by atoms with E-state index in [2.05, 4.69) is 27.8 Å². The lowest BCUT2D eigenvalue weighted by atomic mass is 10.0. The predicted molar refractivity (Wildman–Crippen MR) is 81.9 cm³/mol. The smallest absolute Gasteiger partial charge is 0.408 e. The maximum absolute atomic E-state index is 11.1. The van der Waals surface area contributed by atoms with E-state index in [0.29, 0.717) is 10.4 Å². The van der Waals surface area contributed by atoms with Gasteiger partial charge in [0.05, 0.1) is 5.52 Å². The zero-order chi connectivity index (χ0) is 13.7. The second-order valence-corrected chi connectivity index (χ2v) is 6.05. The van der Waals surface area contributed by atoms with Crippen molar-refractivity contribution < 1.29 is 4.42 Å². The number of halogens is 1. The molecule has 19 heavy (non-hydrogen) atoms. The fourth-order valence-electron chi connectivity index (χ4n) is 2.25. The summed E-state index contributed by atoms with van der Waals surface area (Å²) in [6.45, 7) is 2.23. The largest absolute Gasteiger partial charge is 0.417 e. The van der Waals surface area contributed by atoms with E-state index in [0.717, 1.165) is 11.9 Å². The first-order valence-corrected chi connectivity index (χ1v) is 7.89. The highest BCUT2D eigenvalue weighted by Crippen LogP contribution is 2.30. The molecular formula is C15H20BrNO2. The quantitative estimate of drug-likeness (QED) is 0.580. The zero-order valence-electron chi connectivity index (χ0n) is 11.2. The van der Waals surface area contributed by atoms with Crippen LogP contribution in [0.5, 0.6) is 0 Å². The average Bonchev–Trinajstić information content (AvgIpc) is 2.77. The number of aromatic nitrogens is 1. The number of hydrogen-bond donors (Lipinski definition) is 1. The molecule has 2 rings (SSSR count). The number of unbranched alkanes of at least 4 members (excludes halogenated alkanes) is 4. The van der Waals surface area contributed by atoms with Gasteiger partial charge in [-0.15, -0.1) is 0 Å². The fraction of sp³-hybridized carbons (Fsp3) is 0.533. The Labute approximate surface area is 121 Å². The van der Waals surface area contributed by atoms with Gasteiger partial charge >= 0.3 is 5.76 Å². The van der Waals surface area contributed by atoms with Crippen LogP contribution >= 0.6 is 15.9 Å². The molecule has 0 saturated heterocycles. The lowest BCUT2D eigenvalue weighted by Gasteiger charge is -2.09. The van der Waals surface area contributed by atoms with E-state index in [1.54, 1.807) is 0 Å². The first-order valence-electron chi connectivity index (χ1n) is 6.97. The van der Waals surface area contributed by atoms with Gasteiger partial charge in [-0.25, -0.2) is 4.79 Å². The van der Waals surface area contributed by atoms with Crippen molar-refractivity contribution in [2.24, 2.45) is 0 Å². The van der Waals surface area contributed by atoms with E-state index in [1.165, 1.54) is 37.7 Å². The summed E-state index contributed by atoms with van der Waals surface area (Å²) in [6, 6.07) is 5.89. The van der Waals surface area contributed by atoms with Gasteiger partial charge in [0, 0.05) is 4.83 Å². The molecule has 0 fully saturated rings. The monoisotopic (exact) mass is 325 g/mol. The van der Waals surface area contributed by atoms with Gasteiger partial charge < -0.3 is 4.42 Å². The topological polar surface area (TPSA) is 46.0 Å². The number of H-pyrrole nitrogens is 1. The van der Waals surface area contributed by atoms with Crippen LogP contribution in [0.25, 0.3) is 11.1 Å². The Kier molecular flexibility index (Phi) is 5.25. The maximum atomic E-state index is 11.1. The van der Waals surface area contributed by atoms with Crippen molar-refractivity contribution in [3.05, 3.63) is 34.3 Å². The third-order valence-electron chi connectivity index (χ3n) is 3.37. The van der Waals surface area contributed by atoms with E-state index in [1.807, 2.05) is 18.2 Å². The number of fused-ring (bicyclic) bond motifs is 1. The summed E-state index contributed by atoms with van der Waals surface area (Å²) >= 11 is 3.72. The molecule has 104 valence electrons. The Morgan fingerprint density at radius 2 is 2.05 bits per heavy atom. The van der Waals surface area contributed by atoms with Gasteiger partial charge in [-0.2, -0.15) is 0 Å². The summed E-state index contributed by atoms with van der Waals surface area (Å²) in [5, 5.41) is 0. The van der Waals surface area contributed by atoms with Crippen molar-refractivity contribution >= 4 is 27.0 Å². The summed E-state index contributed by atoms with van der Waals surface area (Å²) in [5.41, 5.74) is 2.57. The summed E-state index contributed by atoms with van der Waals surface area (Å²) < 4.78 is 5.08. The van der Waals surface area contributed by atoms with E-state index < -0.39 is 5.76 Å². The van der Waals surface area contributed by atoms with Crippen LogP contribution in [0.3, 0.4) is 0 Å². The minimum Gasteiger partial charge on any atom is -0.408 e. The van der Waals surface area contributed by atoms with Crippen LogP contribution in [0.15, 0.2) is 27.4 Å². The van der Waals surface area contributed by atoms with Gasteiger partial charge in [0.1, 0.15) is 0 Å². The van der Waals surface area contributed by atoms with Crippen LogP contribution in [0, 0.1) is 0 Å². The molecule has 0 saturated carbocycles. The number of oxazole rings is 1. The van der Waals surface area contributed by atoms with Gasteiger partial charge in [0.2, 0.25) is 0 Å². The molecule has 0 spiro atoms. The third kappa shape index (κ3) is 3.96. The van der Waals surface area contributed by atoms with Crippen LogP contribution in [0.2, 0.25) is 0 Å². The molecule has 0 radical (unpaired) electrons. The highest BCUT2D eigenvalue weighted by Gasteiger charge is 2.09.